The average Bonchev–Trinajstić information content (AvgIpc) is 2.70. The van der Waals surface area contributed by atoms with E-state index in [1.165, 1.54) is 16.0 Å². The molecule has 0 aliphatic carbocycles. The molecule has 9 heteroatoms. The minimum Gasteiger partial charge on any atom is -0.355 e. The van der Waals surface area contributed by atoms with Gasteiger partial charge in [0.15, 0.2) is 5.96 Å². The predicted octanol–water partition coefficient (Wildman–Crippen LogP) is 3.12. The van der Waals surface area contributed by atoms with Crippen LogP contribution in [-0.4, -0.2) is 40.0 Å². The van der Waals surface area contributed by atoms with E-state index in [9.17, 15) is 8.42 Å². The first-order chi connectivity index (χ1) is 13.4. The van der Waals surface area contributed by atoms with Gasteiger partial charge in [-0.1, -0.05) is 42.5 Å². The van der Waals surface area contributed by atoms with Crippen molar-refractivity contribution >= 4 is 51.7 Å². The maximum atomic E-state index is 12.2. The fourth-order valence-corrected chi connectivity index (χ4v) is 4.17. The highest BCUT2D eigenvalue weighted by atomic mass is 127. The van der Waals surface area contributed by atoms with E-state index in [0.29, 0.717) is 19.0 Å². The second-order valence-corrected chi connectivity index (χ2v) is 9.07. The Balaban J connectivity index is 0.00000420. The number of aliphatic imine (C=N–C) groups is 1. The van der Waals surface area contributed by atoms with E-state index in [2.05, 4.69) is 51.7 Å². The molecule has 0 spiro atoms. The van der Waals surface area contributed by atoms with Gasteiger partial charge in [0.05, 0.1) is 5.75 Å². The summed E-state index contributed by atoms with van der Waals surface area (Å²) >= 11 is 1.71. The summed E-state index contributed by atoms with van der Waals surface area (Å²) in [6.07, 6.45) is 2.05. The molecule has 0 atom stereocenters. The van der Waals surface area contributed by atoms with E-state index >= 15 is 0 Å². The molecular weight excluding hydrogens is 519 g/mol. The van der Waals surface area contributed by atoms with E-state index in [4.69, 9.17) is 0 Å². The van der Waals surface area contributed by atoms with Crippen molar-refractivity contribution in [1.29, 1.82) is 0 Å². The molecule has 2 rings (SSSR count). The first-order valence-corrected chi connectivity index (χ1v) is 11.9. The number of thioether (sulfide) groups is 1. The maximum Gasteiger partial charge on any atom is 0.213 e. The summed E-state index contributed by atoms with van der Waals surface area (Å²) in [6, 6.07) is 15.8. The van der Waals surface area contributed by atoms with E-state index < -0.39 is 10.0 Å². The second-order valence-electron chi connectivity index (χ2n) is 6.29. The van der Waals surface area contributed by atoms with Crippen molar-refractivity contribution in [2.24, 2.45) is 4.99 Å². The fraction of sp³-hybridized carbons (Fsp3) is 0.350. The molecule has 3 N–H and O–H groups in total. The molecule has 0 aromatic heterocycles. The van der Waals surface area contributed by atoms with Crippen molar-refractivity contribution in [3.63, 3.8) is 0 Å². The fourth-order valence-electron chi connectivity index (χ4n) is 2.56. The Morgan fingerprint density at radius 3 is 2.45 bits per heavy atom. The van der Waals surface area contributed by atoms with Crippen molar-refractivity contribution in [2.75, 3.05) is 25.6 Å². The van der Waals surface area contributed by atoms with Gasteiger partial charge in [-0.15, -0.1) is 35.7 Å². The molecule has 0 unspecified atom stereocenters. The van der Waals surface area contributed by atoms with Crippen LogP contribution in [0.25, 0.3) is 0 Å². The summed E-state index contributed by atoms with van der Waals surface area (Å²) in [6.45, 7) is 3.26. The number of aryl methyl sites for hydroxylation is 1. The lowest BCUT2D eigenvalue weighted by Crippen LogP contribution is -2.40. The number of guanidine groups is 1. The molecule has 2 aromatic rings. The number of sulfonamides is 1. The van der Waals surface area contributed by atoms with Gasteiger partial charge in [-0.3, -0.25) is 4.99 Å². The number of halogens is 1. The Kier molecular flexibility index (Phi) is 11.6. The number of nitrogens with zero attached hydrogens (tertiary/aromatic N) is 1. The van der Waals surface area contributed by atoms with Crippen LogP contribution in [0, 0.1) is 6.92 Å². The van der Waals surface area contributed by atoms with Crippen LogP contribution in [0.1, 0.15) is 16.7 Å². The minimum atomic E-state index is -3.36. The molecule has 0 fully saturated rings. The quantitative estimate of drug-likeness (QED) is 0.194. The van der Waals surface area contributed by atoms with Crippen LogP contribution in [0.15, 0.2) is 58.4 Å². The third kappa shape index (κ3) is 9.37. The van der Waals surface area contributed by atoms with Crippen LogP contribution in [0.5, 0.6) is 0 Å². The van der Waals surface area contributed by atoms with Gasteiger partial charge in [-0.05, 0) is 35.9 Å². The molecule has 0 aliphatic rings. The normalized spacial score (nSPS) is 11.6. The largest absolute Gasteiger partial charge is 0.355 e. The van der Waals surface area contributed by atoms with Gasteiger partial charge in [-0.2, -0.15) is 0 Å². The van der Waals surface area contributed by atoms with Crippen molar-refractivity contribution in [2.45, 2.75) is 24.9 Å². The van der Waals surface area contributed by atoms with Gasteiger partial charge in [0, 0.05) is 31.6 Å². The first kappa shape index (κ1) is 25.7. The summed E-state index contributed by atoms with van der Waals surface area (Å²) in [7, 11) is -1.70. The molecule has 0 radical (unpaired) electrons. The smallest absolute Gasteiger partial charge is 0.213 e. The van der Waals surface area contributed by atoms with Crippen LogP contribution in [-0.2, 0) is 23.1 Å². The highest BCUT2D eigenvalue weighted by Crippen LogP contribution is 2.21. The Bertz CT molecular complexity index is 891. The lowest BCUT2D eigenvalue weighted by atomic mass is 10.1. The molecule has 0 aliphatic heterocycles. The zero-order chi connectivity index (χ0) is 20.4. The highest BCUT2D eigenvalue weighted by Gasteiger charge is 2.10. The van der Waals surface area contributed by atoms with Crippen LogP contribution in [0.3, 0.4) is 0 Å². The number of benzene rings is 2. The monoisotopic (exact) mass is 548 g/mol. The van der Waals surface area contributed by atoms with Crippen molar-refractivity contribution in [3.8, 4) is 0 Å². The highest BCUT2D eigenvalue weighted by molar-refractivity contribution is 14.0. The summed E-state index contributed by atoms with van der Waals surface area (Å²) < 4.78 is 26.9. The Morgan fingerprint density at radius 2 is 1.79 bits per heavy atom. The third-order valence-corrected chi connectivity index (χ3v) is 6.26. The van der Waals surface area contributed by atoms with Crippen LogP contribution >= 0.6 is 35.7 Å². The lowest BCUT2D eigenvalue weighted by molar-refractivity contribution is 0.580. The number of rotatable bonds is 9. The van der Waals surface area contributed by atoms with Gasteiger partial charge in [0.25, 0.3) is 0 Å². The molecule has 0 heterocycles. The predicted molar refractivity (Wildman–Crippen MR) is 134 cm³/mol. The molecular formula is C20H29IN4O2S2. The molecule has 0 saturated heterocycles. The van der Waals surface area contributed by atoms with E-state index in [-0.39, 0.29) is 36.3 Å². The molecule has 2 aromatic carbocycles. The maximum absolute atomic E-state index is 12.2. The van der Waals surface area contributed by atoms with Gasteiger partial charge in [0.1, 0.15) is 0 Å². The minimum absolute atomic E-state index is 0. The van der Waals surface area contributed by atoms with Crippen LogP contribution < -0.4 is 15.4 Å². The van der Waals surface area contributed by atoms with Crippen LogP contribution in [0.4, 0.5) is 0 Å². The topological polar surface area (TPSA) is 82.6 Å². The van der Waals surface area contributed by atoms with Crippen molar-refractivity contribution in [1.82, 2.24) is 15.4 Å². The average molecular weight is 549 g/mol. The zero-order valence-corrected chi connectivity index (χ0v) is 20.9. The summed E-state index contributed by atoms with van der Waals surface area (Å²) in [4.78, 5) is 5.38. The standard InChI is InChI=1S/C20H28N4O2S2.HI/c1-16-9-10-18(19(13-16)27-3)15-23-20(21-2)22-11-12-28(25,26)24-14-17-7-5-4-6-8-17;/h4-10,13,24H,11-12,14-15H2,1-3H3,(H2,21,22,23);1H. The van der Waals surface area contributed by atoms with Gasteiger partial charge >= 0.3 is 0 Å². The molecule has 6 nitrogen and oxygen atoms in total. The van der Waals surface area contributed by atoms with E-state index in [0.717, 1.165) is 5.56 Å². The first-order valence-electron chi connectivity index (χ1n) is 9.03. The summed E-state index contributed by atoms with van der Waals surface area (Å²) in [5.74, 6) is 0.548. The molecule has 0 saturated carbocycles. The van der Waals surface area contributed by atoms with Gasteiger partial charge in [-0.25, -0.2) is 13.1 Å². The molecule has 0 bridgehead atoms. The Morgan fingerprint density at radius 1 is 1.07 bits per heavy atom. The third-order valence-electron chi connectivity index (χ3n) is 4.11. The lowest BCUT2D eigenvalue weighted by Gasteiger charge is -2.14. The number of nitrogens with one attached hydrogen (secondary N) is 3. The van der Waals surface area contributed by atoms with Crippen LogP contribution in [0.2, 0.25) is 0 Å². The summed E-state index contributed by atoms with van der Waals surface area (Å²) in [5.41, 5.74) is 3.33. The van der Waals surface area contributed by atoms with E-state index in [1.54, 1.807) is 18.8 Å². The molecule has 29 heavy (non-hydrogen) atoms. The number of hydrogen-bond donors (Lipinski definition) is 3. The van der Waals surface area contributed by atoms with E-state index in [1.807, 2.05) is 30.3 Å². The van der Waals surface area contributed by atoms with Gasteiger partial charge in [0.2, 0.25) is 10.0 Å². The van der Waals surface area contributed by atoms with Gasteiger partial charge < -0.3 is 10.6 Å². The molecule has 0 amide bonds. The van der Waals surface area contributed by atoms with Crippen molar-refractivity contribution < 1.29 is 8.42 Å². The van der Waals surface area contributed by atoms with Crippen molar-refractivity contribution in [3.05, 3.63) is 65.2 Å². The Labute approximate surface area is 195 Å². The Hall–Kier alpha value is -1.30. The SMILES string of the molecule is CN=C(NCCS(=O)(=O)NCc1ccccc1)NCc1ccc(C)cc1SC.I. The summed E-state index contributed by atoms with van der Waals surface area (Å²) in [5, 5.41) is 6.29. The second kappa shape index (κ2) is 13.1. The number of hydrogen-bond acceptors (Lipinski definition) is 4. The zero-order valence-electron chi connectivity index (χ0n) is 16.9. The molecule has 160 valence electrons.